The van der Waals surface area contributed by atoms with Crippen LogP contribution in [0.3, 0.4) is 0 Å². The molecule has 0 amide bonds. The van der Waals surface area contributed by atoms with Crippen LogP contribution < -0.4 is 5.56 Å². The van der Waals surface area contributed by atoms with E-state index in [4.69, 9.17) is 9.15 Å². The summed E-state index contributed by atoms with van der Waals surface area (Å²) in [5.74, 6) is -1.73. The highest BCUT2D eigenvalue weighted by Crippen LogP contribution is 2.16. The van der Waals surface area contributed by atoms with E-state index in [2.05, 4.69) is 4.98 Å². The molecule has 0 aromatic carbocycles. The van der Waals surface area contributed by atoms with E-state index in [-0.39, 0.29) is 23.6 Å². The maximum Gasteiger partial charge on any atom is 0.433 e. The van der Waals surface area contributed by atoms with E-state index in [1.807, 2.05) is 6.92 Å². The predicted octanol–water partition coefficient (Wildman–Crippen LogP) is 1.86. The minimum Gasteiger partial charge on any atom is -0.453 e. The topological polar surface area (TPSA) is 117 Å². The Bertz CT molecular complexity index is 1000. The highest BCUT2D eigenvalue weighted by Gasteiger charge is 2.18. The fraction of sp³-hybridized carbons (Fsp3) is 0.133. The van der Waals surface area contributed by atoms with Gasteiger partial charge in [0.05, 0.1) is 11.8 Å². The van der Waals surface area contributed by atoms with Crippen molar-refractivity contribution in [2.24, 2.45) is 0 Å². The van der Waals surface area contributed by atoms with E-state index in [1.165, 1.54) is 10.5 Å². The van der Waals surface area contributed by atoms with Crippen LogP contribution in [0.25, 0.3) is 5.65 Å². The van der Waals surface area contributed by atoms with Crippen LogP contribution in [0, 0.1) is 17.0 Å². The third-order valence-electron chi connectivity index (χ3n) is 3.20. The normalized spacial score (nSPS) is 10.7. The molecule has 0 atom stereocenters. The van der Waals surface area contributed by atoms with Crippen molar-refractivity contribution in [3.63, 3.8) is 0 Å². The Labute approximate surface area is 134 Å². The van der Waals surface area contributed by atoms with Crippen molar-refractivity contribution in [1.82, 2.24) is 9.38 Å². The number of aryl methyl sites for hydroxylation is 1. The molecule has 3 aromatic heterocycles. The van der Waals surface area contributed by atoms with Gasteiger partial charge < -0.3 is 9.15 Å². The second-order valence-corrected chi connectivity index (χ2v) is 4.99. The highest BCUT2D eigenvalue weighted by atomic mass is 16.7. The lowest BCUT2D eigenvalue weighted by Gasteiger charge is -2.05. The molecule has 0 saturated heterocycles. The van der Waals surface area contributed by atoms with Crippen LogP contribution in [-0.4, -0.2) is 20.3 Å². The Balaban J connectivity index is 1.78. The molecule has 24 heavy (non-hydrogen) atoms. The molecule has 0 unspecified atom stereocenters. The van der Waals surface area contributed by atoms with Gasteiger partial charge in [-0.1, -0.05) is 0 Å². The van der Waals surface area contributed by atoms with Crippen LogP contribution in [-0.2, 0) is 11.3 Å². The maximum atomic E-state index is 12.0. The standard InChI is InChI=1S/C15H11N3O6/c1-9-4-5-17-12(6-9)16-10(7-13(17)19)8-23-15(20)11-2-3-14(24-11)18(21)22/h2-7H,8H2,1H3. The van der Waals surface area contributed by atoms with E-state index in [0.717, 1.165) is 17.7 Å². The van der Waals surface area contributed by atoms with Gasteiger partial charge in [-0.15, -0.1) is 0 Å². The number of esters is 1. The number of carbonyl (C=O) groups is 1. The number of nitro groups is 1. The Morgan fingerprint density at radius 3 is 2.88 bits per heavy atom. The van der Waals surface area contributed by atoms with Crippen LogP contribution >= 0.6 is 0 Å². The fourth-order valence-corrected chi connectivity index (χ4v) is 2.07. The average molecular weight is 329 g/mol. The van der Waals surface area contributed by atoms with Gasteiger partial charge in [0, 0.05) is 12.3 Å². The summed E-state index contributed by atoms with van der Waals surface area (Å²) in [6, 6.07) is 6.95. The van der Waals surface area contributed by atoms with Crippen LogP contribution in [0.4, 0.5) is 5.88 Å². The van der Waals surface area contributed by atoms with Crippen molar-refractivity contribution in [1.29, 1.82) is 0 Å². The summed E-state index contributed by atoms with van der Waals surface area (Å²) in [4.78, 5) is 37.8. The van der Waals surface area contributed by atoms with Crippen molar-refractivity contribution in [3.05, 3.63) is 74.0 Å². The zero-order valence-electron chi connectivity index (χ0n) is 12.5. The summed E-state index contributed by atoms with van der Waals surface area (Å²) in [5.41, 5.74) is 1.32. The van der Waals surface area contributed by atoms with Gasteiger partial charge >= 0.3 is 11.9 Å². The number of pyridine rings is 1. The molecule has 0 fully saturated rings. The van der Waals surface area contributed by atoms with Gasteiger partial charge in [0.2, 0.25) is 5.76 Å². The van der Waals surface area contributed by atoms with Gasteiger partial charge in [-0.25, -0.2) is 9.78 Å². The molecule has 9 nitrogen and oxygen atoms in total. The number of ether oxygens (including phenoxy) is 1. The minimum atomic E-state index is -0.880. The van der Waals surface area contributed by atoms with Crippen molar-refractivity contribution >= 4 is 17.5 Å². The number of fused-ring (bicyclic) bond motifs is 1. The van der Waals surface area contributed by atoms with Crippen molar-refractivity contribution in [2.75, 3.05) is 0 Å². The summed E-state index contributed by atoms with van der Waals surface area (Å²) in [5, 5.41) is 10.5. The Hall–Kier alpha value is -3.49. The highest BCUT2D eigenvalue weighted by molar-refractivity contribution is 5.86. The second-order valence-electron chi connectivity index (χ2n) is 4.99. The number of furan rings is 1. The summed E-state index contributed by atoms with van der Waals surface area (Å²) in [7, 11) is 0. The van der Waals surface area contributed by atoms with Crippen LogP contribution in [0.5, 0.6) is 0 Å². The van der Waals surface area contributed by atoms with E-state index < -0.39 is 16.8 Å². The lowest BCUT2D eigenvalue weighted by molar-refractivity contribution is -0.402. The minimum absolute atomic E-state index is 0.257. The number of aromatic nitrogens is 2. The number of nitrogens with zero attached hydrogens (tertiary/aromatic N) is 3. The quantitative estimate of drug-likeness (QED) is 0.407. The first kappa shape index (κ1) is 15.4. The Morgan fingerprint density at radius 1 is 1.38 bits per heavy atom. The van der Waals surface area contributed by atoms with Crippen LogP contribution in [0.2, 0.25) is 0 Å². The zero-order valence-corrected chi connectivity index (χ0v) is 12.5. The van der Waals surface area contributed by atoms with Gasteiger partial charge in [0.25, 0.3) is 5.56 Å². The molecule has 9 heteroatoms. The SMILES string of the molecule is Cc1ccn2c(=O)cc(COC(=O)c3ccc([N+](=O)[O-])o3)nc2c1. The smallest absolute Gasteiger partial charge is 0.433 e. The first-order chi connectivity index (χ1) is 11.4. The largest absolute Gasteiger partial charge is 0.453 e. The van der Waals surface area contributed by atoms with E-state index in [1.54, 1.807) is 18.3 Å². The summed E-state index contributed by atoms with van der Waals surface area (Å²) in [6.45, 7) is 1.61. The summed E-state index contributed by atoms with van der Waals surface area (Å²) >= 11 is 0. The van der Waals surface area contributed by atoms with Crippen LogP contribution in [0.15, 0.2) is 45.7 Å². The lowest BCUT2D eigenvalue weighted by Crippen LogP contribution is -2.16. The molecule has 0 aliphatic rings. The fourth-order valence-electron chi connectivity index (χ4n) is 2.07. The lowest BCUT2D eigenvalue weighted by atomic mass is 10.3. The third-order valence-corrected chi connectivity index (χ3v) is 3.20. The molecule has 3 rings (SSSR count). The second kappa shape index (κ2) is 5.95. The van der Waals surface area contributed by atoms with Crippen molar-refractivity contribution < 1.29 is 18.9 Å². The first-order valence-corrected chi connectivity index (χ1v) is 6.84. The molecule has 0 aliphatic heterocycles. The molecule has 122 valence electrons. The van der Waals surface area contributed by atoms with E-state index >= 15 is 0 Å². The Kier molecular flexibility index (Phi) is 3.82. The van der Waals surface area contributed by atoms with E-state index in [9.17, 15) is 19.7 Å². The van der Waals surface area contributed by atoms with Gasteiger partial charge in [0.15, 0.2) is 0 Å². The number of rotatable bonds is 4. The van der Waals surface area contributed by atoms with Gasteiger partial charge in [0.1, 0.15) is 17.2 Å². The molecule has 3 aromatic rings. The summed E-state index contributed by atoms with van der Waals surface area (Å²) in [6.07, 6.45) is 1.61. The average Bonchev–Trinajstić information content (AvgIpc) is 3.02. The molecule has 0 N–H and O–H groups in total. The molecule has 0 radical (unpaired) electrons. The number of hydrogen-bond acceptors (Lipinski definition) is 7. The van der Waals surface area contributed by atoms with Gasteiger partial charge in [-0.2, -0.15) is 0 Å². The van der Waals surface area contributed by atoms with Crippen molar-refractivity contribution in [3.8, 4) is 0 Å². The molecular formula is C15H11N3O6. The van der Waals surface area contributed by atoms with Crippen molar-refractivity contribution in [2.45, 2.75) is 13.5 Å². The zero-order chi connectivity index (χ0) is 17.3. The predicted molar refractivity (Wildman–Crippen MR) is 80.7 cm³/mol. The monoisotopic (exact) mass is 329 g/mol. The van der Waals surface area contributed by atoms with Crippen LogP contribution in [0.1, 0.15) is 21.8 Å². The molecule has 0 bridgehead atoms. The molecule has 0 saturated carbocycles. The van der Waals surface area contributed by atoms with E-state index in [0.29, 0.717) is 5.65 Å². The number of carbonyl (C=O) groups excluding carboxylic acids is 1. The molecule has 0 aliphatic carbocycles. The molecule has 0 spiro atoms. The molecule has 3 heterocycles. The third kappa shape index (κ3) is 3.00. The summed E-state index contributed by atoms with van der Waals surface area (Å²) < 4.78 is 11.1. The molecular weight excluding hydrogens is 318 g/mol. The first-order valence-electron chi connectivity index (χ1n) is 6.84. The van der Waals surface area contributed by atoms with Gasteiger partial charge in [-0.3, -0.25) is 19.3 Å². The number of hydrogen-bond donors (Lipinski definition) is 0. The Morgan fingerprint density at radius 2 is 2.17 bits per heavy atom. The maximum absolute atomic E-state index is 12.0. The van der Waals surface area contributed by atoms with Gasteiger partial charge in [-0.05, 0) is 30.7 Å².